The van der Waals surface area contributed by atoms with Crippen LogP contribution in [0.5, 0.6) is 0 Å². The van der Waals surface area contributed by atoms with E-state index in [0.29, 0.717) is 18.9 Å². The summed E-state index contributed by atoms with van der Waals surface area (Å²) >= 11 is 0. The van der Waals surface area contributed by atoms with E-state index in [2.05, 4.69) is 24.1 Å². The van der Waals surface area contributed by atoms with Crippen molar-refractivity contribution >= 4 is 27.5 Å². The lowest BCUT2D eigenvalue weighted by Gasteiger charge is -2.15. The zero-order chi connectivity index (χ0) is 13.2. The molecule has 1 unspecified atom stereocenters. The largest absolute Gasteiger partial charge is 0.358 e. The van der Waals surface area contributed by atoms with E-state index in [9.17, 15) is 4.79 Å². The lowest BCUT2D eigenvalue weighted by Crippen LogP contribution is -2.28. The molecule has 1 rings (SSSR count). The molecule has 0 spiro atoms. The molecule has 0 fully saturated rings. The molecule has 1 atom stereocenters. The van der Waals surface area contributed by atoms with Crippen LogP contribution in [-0.2, 0) is 4.79 Å². The number of aromatic nitrogens is 1. The molecule has 100 valence electrons. The molecule has 1 heterocycles. The summed E-state index contributed by atoms with van der Waals surface area (Å²) in [5, 5.41) is 3.87. The van der Waals surface area contributed by atoms with E-state index < -0.39 is 0 Å². The molecule has 0 saturated heterocycles. The summed E-state index contributed by atoms with van der Waals surface area (Å²) in [7, 11) is 3.26. The van der Waals surface area contributed by atoms with Crippen LogP contribution in [0.2, 0.25) is 0 Å². The molecular formula is C13H19N2OS2-. The second-order valence-electron chi connectivity index (χ2n) is 3.90. The Labute approximate surface area is 117 Å². The Morgan fingerprint density at radius 1 is 1.56 bits per heavy atom. The fourth-order valence-electron chi connectivity index (χ4n) is 1.12. The van der Waals surface area contributed by atoms with E-state index in [0.717, 1.165) is 17.2 Å². The molecule has 0 aromatic carbocycles. The van der Waals surface area contributed by atoms with E-state index in [-0.39, 0.29) is 5.91 Å². The second-order valence-corrected chi connectivity index (χ2v) is 6.34. The molecule has 18 heavy (non-hydrogen) atoms. The number of rotatable bonds is 8. The van der Waals surface area contributed by atoms with Gasteiger partial charge in [-0.05, 0) is 29.5 Å². The number of amides is 1. The van der Waals surface area contributed by atoms with Gasteiger partial charge in [0.25, 0.3) is 0 Å². The summed E-state index contributed by atoms with van der Waals surface area (Å²) in [4.78, 5) is 15.7. The third kappa shape index (κ3) is 6.91. The highest BCUT2D eigenvalue weighted by atomic mass is 33.1. The van der Waals surface area contributed by atoms with Gasteiger partial charge in [0.2, 0.25) is 5.91 Å². The molecule has 0 bridgehead atoms. The third-order valence-corrected chi connectivity index (χ3v) is 4.63. The highest BCUT2D eigenvalue weighted by Crippen LogP contribution is 2.29. The van der Waals surface area contributed by atoms with Gasteiger partial charge in [-0.2, -0.15) is 5.92 Å². The highest BCUT2D eigenvalue weighted by Gasteiger charge is 2.02. The van der Waals surface area contributed by atoms with Crippen molar-refractivity contribution < 1.29 is 4.79 Å². The monoisotopic (exact) mass is 283 g/mol. The van der Waals surface area contributed by atoms with Crippen LogP contribution < -0.4 is 5.32 Å². The fourth-order valence-corrected chi connectivity index (χ4v) is 2.99. The Bertz CT molecular complexity index is 346. The minimum Gasteiger partial charge on any atom is -0.358 e. The minimum atomic E-state index is 0.103. The molecule has 1 aromatic heterocycles. The standard InChI is InChI=1S/C13H19N2OS2/c1-3-11(2)10-15-12(16)7-9-17-18-13-6-4-5-8-14-13/h4-6,8,11H,2-3,7,9-10H2,1H3,(H,15,16)/q-1. The van der Waals surface area contributed by atoms with Gasteiger partial charge in [-0.3, -0.25) is 4.79 Å². The van der Waals surface area contributed by atoms with E-state index in [1.54, 1.807) is 27.8 Å². The Balaban J connectivity index is 2.05. The summed E-state index contributed by atoms with van der Waals surface area (Å²) in [5.74, 6) is 1.21. The molecule has 1 aromatic rings. The van der Waals surface area contributed by atoms with Crippen molar-refractivity contribution in [2.45, 2.75) is 24.8 Å². The number of nitrogens with one attached hydrogen (secondary N) is 1. The van der Waals surface area contributed by atoms with E-state index in [1.807, 2.05) is 18.2 Å². The molecule has 0 aliphatic heterocycles. The number of carbonyl (C=O) groups is 1. The Morgan fingerprint density at radius 3 is 3.06 bits per heavy atom. The summed E-state index contributed by atoms with van der Waals surface area (Å²) in [5.41, 5.74) is 0. The van der Waals surface area contributed by atoms with Crippen molar-refractivity contribution in [3.8, 4) is 0 Å². The average molecular weight is 283 g/mol. The summed E-state index contributed by atoms with van der Waals surface area (Å²) < 4.78 is 0. The Morgan fingerprint density at radius 2 is 2.39 bits per heavy atom. The maximum atomic E-state index is 11.5. The van der Waals surface area contributed by atoms with Crippen LogP contribution in [0.4, 0.5) is 0 Å². The number of carbonyl (C=O) groups excluding carboxylic acids is 1. The molecule has 0 aliphatic carbocycles. The van der Waals surface area contributed by atoms with E-state index >= 15 is 0 Å². The fraction of sp³-hybridized carbons (Fsp3) is 0.462. The molecule has 5 heteroatoms. The first-order chi connectivity index (χ1) is 8.72. The normalized spacial score (nSPS) is 12.1. The van der Waals surface area contributed by atoms with Gasteiger partial charge in [-0.15, -0.1) is 0 Å². The van der Waals surface area contributed by atoms with Crippen molar-refractivity contribution in [3.05, 3.63) is 31.3 Å². The lowest BCUT2D eigenvalue weighted by molar-refractivity contribution is -0.120. The van der Waals surface area contributed by atoms with Gasteiger partial charge in [0.1, 0.15) is 5.03 Å². The van der Waals surface area contributed by atoms with Crippen molar-refractivity contribution in [2.75, 3.05) is 12.3 Å². The summed E-state index contributed by atoms with van der Waals surface area (Å²) in [6.07, 6.45) is 3.31. The van der Waals surface area contributed by atoms with Crippen LogP contribution in [0.15, 0.2) is 29.4 Å². The van der Waals surface area contributed by atoms with Gasteiger partial charge in [-0.25, -0.2) is 4.98 Å². The topological polar surface area (TPSA) is 42.0 Å². The minimum absolute atomic E-state index is 0.103. The van der Waals surface area contributed by atoms with Crippen LogP contribution in [0, 0.1) is 12.8 Å². The van der Waals surface area contributed by atoms with Crippen molar-refractivity contribution in [3.63, 3.8) is 0 Å². The average Bonchev–Trinajstić information content (AvgIpc) is 2.42. The summed E-state index contributed by atoms with van der Waals surface area (Å²) in [6, 6.07) is 5.82. The maximum absolute atomic E-state index is 11.5. The molecule has 0 saturated carbocycles. The van der Waals surface area contributed by atoms with Gasteiger partial charge in [-0.1, -0.05) is 30.2 Å². The first kappa shape index (κ1) is 15.4. The maximum Gasteiger partial charge on any atom is 0.220 e. The molecule has 3 nitrogen and oxygen atoms in total. The highest BCUT2D eigenvalue weighted by molar-refractivity contribution is 8.76. The van der Waals surface area contributed by atoms with Crippen LogP contribution in [-0.4, -0.2) is 23.2 Å². The van der Waals surface area contributed by atoms with Crippen molar-refractivity contribution in [1.29, 1.82) is 0 Å². The Hall–Kier alpha value is -0.680. The number of hydrogen-bond acceptors (Lipinski definition) is 4. The number of hydrogen-bond donors (Lipinski definition) is 1. The van der Waals surface area contributed by atoms with E-state index in [1.165, 1.54) is 0 Å². The molecule has 1 N–H and O–H groups in total. The van der Waals surface area contributed by atoms with Gasteiger partial charge in [0, 0.05) is 18.4 Å². The molecule has 0 aliphatic rings. The zero-order valence-electron chi connectivity index (χ0n) is 10.6. The molecular weight excluding hydrogens is 264 g/mol. The van der Waals surface area contributed by atoms with Crippen molar-refractivity contribution in [1.82, 2.24) is 10.3 Å². The van der Waals surface area contributed by atoms with Gasteiger partial charge in [0.05, 0.1) is 0 Å². The zero-order valence-corrected chi connectivity index (χ0v) is 12.2. The van der Waals surface area contributed by atoms with Crippen molar-refractivity contribution in [2.24, 2.45) is 5.92 Å². The summed E-state index contributed by atoms with van der Waals surface area (Å²) in [6.45, 7) is 6.68. The molecule has 0 radical (unpaired) electrons. The molecule has 1 amide bonds. The second kappa shape index (κ2) is 9.28. The van der Waals surface area contributed by atoms with E-state index in [4.69, 9.17) is 0 Å². The first-order valence-electron chi connectivity index (χ1n) is 6.02. The first-order valence-corrected chi connectivity index (χ1v) is 8.34. The van der Waals surface area contributed by atoms with Crippen LogP contribution in [0.1, 0.15) is 19.8 Å². The van der Waals surface area contributed by atoms with Gasteiger partial charge >= 0.3 is 0 Å². The predicted octanol–water partition coefficient (Wildman–Crippen LogP) is 3.19. The number of pyridine rings is 1. The Kier molecular flexibility index (Phi) is 7.93. The predicted molar refractivity (Wildman–Crippen MR) is 79.3 cm³/mol. The third-order valence-electron chi connectivity index (χ3n) is 2.36. The van der Waals surface area contributed by atoms with Gasteiger partial charge in [0.15, 0.2) is 0 Å². The quantitative estimate of drug-likeness (QED) is 0.452. The lowest BCUT2D eigenvalue weighted by atomic mass is 10.1. The SMILES string of the molecule is [CH2-]C(CC)CNC(=O)CCSSc1ccccn1. The number of nitrogens with zero attached hydrogens (tertiary/aromatic N) is 1. The van der Waals surface area contributed by atoms with Gasteiger partial charge < -0.3 is 12.2 Å². The smallest absolute Gasteiger partial charge is 0.220 e. The van der Waals surface area contributed by atoms with Crippen LogP contribution in [0.3, 0.4) is 0 Å². The van der Waals surface area contributed by atoms with Crippen LogP contribution >= 0.6 is 21.6 Å². The van der Waals surface area contributed by atoms with Crippen LogP contribution in [0.25, 0.3) is 0 Å².